The number of hydrogen-bond acceptors (Lipinski definition) is 5. The molecule has 6 heteroatoms. The van der Waals surface area contributed by atoms with Crippen molar-refractivity contribution in [2.75, 3.05) is 32.0 Å². The van der Waals surface area contributed by atoms with Crippen LogP contribution in [-0.2, 0) is 4.74 Å². The first kappa shape index (κ1) is 11.8. The van der Waals surface area contributed by atoms with Crippen molar-refractivity contribution in [1.82, 2.24) is 9.88 Å². The van der Waals surface area contributed by atoms with Crippen LogP contribution in [0.25, 0.3) is 0 Å². The van der Waals surface area contributed by atoms with Crippen molar-refractivity contribution < 1.29 is 14.6 Å². The molecule has 92 valence electrons. The Morgan fingerprint density at radius 3 is 3.12 bits per heavy atom. The van der Waals surface area contributed by atoms with Gasteiger partial charge in [0.2, 0.25) is 0 Å². The lowest BCUT2D eigenvalue weighted by Crippen LogP contribution is -2.46. The Labute approximate surface area is 99.0 Å². The van der Waals surface area contributed by atoms with Gasteiger partial charge in [-0.15, -0.1) is 0 Å². The second-order valence-electron chi connectivity index (χ2n) is 3.90. The topological polar surface area (TPSA) is 88.7 Å². The Kier molecular flexibility index (Phi) is 3.55. The smallest absolute Gasteiger partial charge is 0.255 e. The molecule has 1 aromatic heterocycles. The summed E-state index contributed by atoms with van der Waals surface area (Å²) in [6.45, 7) is 1.29. The fourth-order valence-electron chi connectivity index (χ4n) is 1.73. The molecule has 17 heavy (non-hydrogen) atoms. The Bertz CT molecular complexity index is 393. The van der Waals surface area contributed by atoms with Crippen LogP contribution in [-0.4, -0.2) is 53.3 Å². The van der Waals surface area contributed by atoms with Crippen LogP contribution in [0, 0.1) is 0 Å². The summed E-state index contributed by atoms with van der Waals surface area (Å²) in [5, 5.41) is 9.01. The van der Waals surface area contributed by atoms with Gasteiger partial charge in [-0.05, 0) is 12.1 Å². The molecule has 0 spiro atoms. The SMILES string of the molecule is Nc1ccc(C(=O)N2CCOC(CO)C2)cn1. The number of morpholine rings is 1. The van der Waals surface area contributed by atoms with Gasteiger partial charge in [0.15, 0.2) is 0 Å². The van der Waals surface area contributed by atoms with Crippen LogP contribution in [0.15, 0.2) is 18.3 Å². The fraction of sp³-hybridized carbons (Fsp3) is 0.455. The molecular weight excluding hydrogens is 222 g/mol. The predicted octanol–water partition coefficient (Wildman–Crippen LogP) is -0.503. The molecule has 0 aromatic carbocycles. The van der Waals surface area contributed by atoms with E-state index in [1.54, 1.807) is 17.0 Å². The molecule has 0 aliphatic carbocycles. The third-order valence-corrected chi connectivity index (χ3v) is 2.66. The zero-order valence-corrected chi connectivity index (χ0v) is 9.37. The summed E-state index contributed by atoms with van der Waals surface area (Å²) < 4.78 is 5.28. The Morgan fingerprint density at radius 1 is 1.65 bits per heavy atom. The van der Waals surface area contributed by atoms with Crippen molar-refractivity contribution in [2.24, 2.45) is 0 Å². The minimum Gasteiger partial charge on any atom is -0.394 e. The van der Waals surface area contributed by atoms with Gasteiger partial charge in [-0.3, -0.25) is 4.79 Å². The normalized spacial score (nSPS) is 20.3. The van der Waals surface area contributed by atoms with Gasteiger partial charge in [-0.2, -0.15) is 0 Å². The van der Waals surface area contributed by atoms with Gasteiger partial charge in [-0.1, -0.05) is 0 Å². The van der Waals surface area contributed by atoms with Gasteiger partial charge >= 0.3 is 0 Å². The van der Waals surface area contributed by atoms with Gasteiger partial charge in [0, 0.05) is 19.3 Å². The Balaban J connectivity index is 2.06. The zero-order valence-electron chi connectivity index (χ0n) is 9.37. The second kappa shape index (κ2) is 5.11. The van der Waals surface area contributed by atoms with Gasteiger partial charge < -0.3 is 20.5 Å². The number of nitrogens with two attached hydrogens (primary N) is 1. The number of amides is 1. The van der Waals surface area contributed by atoms with E-state index in [0.29, 0.717) is 31.1 Å². The highest BCUT2D eigenvalue weighted by molar-refractivity contribution is 5.94. The first-order chi connectivity index (χ1) is 8.20. The number of nitrogen functional groups attached to an aromatic ring is 1. The number of ether oxygens (including phenoxy) is 1. The molecule has 1 aliphatic heterocycles. The number of aromatic nitrogens is 1. The van der Waals surface area contributed by atoms with E-state index in [-0.39, 0.29) is 18.6 Å². The van der Waals surface area contributed by atoms with E-state index >= 15 is 0 Å². The zero-order chi connectivity index (χ0) is 12.3. The lowest BCUT2D eigenvalue weighted by molar-refractivity contribution is -0.0447. The molecule has 6 nitrogen and oxygen atoms in total. The minimum atomic E-state index is -0.297. The van der Waals surface area contributed by atoms with Crippen molar-refractivity contribution in [3.63, 3.8) is 0 Å². The number of anilines is 1. The van der Waals surface area contributed by atoms with Crippen molar-refractivity contribution in [1.29, 1.82) is 0 Å². The highest BCUT2D eigenvalue weighted by atomic mass is 16.5. The molecule has 1 unspecified atom stereocenters. The molecule has 0 radical (unpaired) electrons. The molecule has 2 heterocycles. The Morgan fingerprint density at radius 2 is 2.47 bits per heavy atom. The Hall–Kier alpha value is -1.66. The first-order valence-corrected chi connectivity index (χ1v) is 5.44. The molecule has 3 N–H and O–H groups in total. The number of aliphatic hydroxyl groups excluding tert-OH is 1. The predicted molar refractivity (Wildman–Crippen MR) is 61.4 cm³/mol. The molecule has 1 saturated heterocycles. The van der Waals surface area contributed by atoms with Crippen LogP contribution < -0.4 is 5.73 Å². The maximum atomic E-state index is 12.1. The largest absolute Gasteiger partial charge is 0.394 e. The average molecular weight is 237 g/mol. The maximum Gasteiger partial charge on any atom is 0.255 e. The van der Waals surface area contributed by atoms with Crippen LogP contribution in [0.2, 0.25) is 0 Å². The molecule has 1 amide bonds. The maximum absolute atomic E-state index is 12.1. The van der Waals surface area contributed by atoms with Gasteiger partial charge in [-0.25, -0.2) is 4.98 Å². The highest BCUT2D eigenvalue weighted by Gasteiger charge is 2.24. The fourth-order valence-corrected chi connectivity index (χ4v) is 1.73. The van der Waals surface area contributed by atoms with E-state index in [1.165, 1.54) is 6.20 Å². The van der Waals surface area contributed by atoms with E-state index in [1.807, 2.05) is 0 Å². The van der Waals surface area contributed by atoms with Crippen molar-refractivity contribution in [3.8, 4) is 0 Å². The monoisotopic (exact) mass is 237 g/mol. The van der Waals surface area contributed by atoms with E-state index in [4.69, 9.17) is 15.6 Å². The van der Waals surface area contributed by atoms with Crippen molar-refractivity contribution in [2.45, 2.75) is 6.10 Å². The third kappa shape index (κ3) is 2.72. The number of carbonyl (C=O) groups excluding carboxylic acids is 1. The summed E-state index contributed by atoms with van der Waals surface area (Å²) in [6, 6.07) is 3.24. The molecule has 1 atom stereocenters. The summed E-state index contributed by atoms with van der Waals surface area (Å²) in [4.78, 5) is 17.6. The molecular formula is C11H15N3O3. The summed E-state index contributed by atoms with van der Waals surface area (Å²) in [7, 11) is 0. The minimum absolute atomic E-state index is 0.0796. The number of pyridine rings is 1. The van der Waals surface area contributed by atoms with Crippen LogP contribution in [0.5, 0.6) is 0 Å². The molecule has 0 bridgehead atoms. The van der Waals surface area contributed by atoms with Gasteiger partial charge in [0.25, 0.3) is 5.91 Å². The third-order valence-electron chi connectivity index (χ3n) is 2.66. The molecule has 0 saturated carbocycles. The summed E-state index contributed by atoms with van der Waals surface area (Å²) in [5.41, 5.74) is 5.96. The number of hydrogen-bond donors (Lipinski definition) is 2. The first-order valence-electron chi connectivity index (χ1n) is 5.44. The molecule has 2 rings (SSSR count). The quantitative estimate of drug-likeness (QED) is 0.723. The van der Waals surface area contributed by atoms with Gasteiger partial charge in [0.05, 0.1) is 24.9 Å². The van der Waals surface area contributed by atoms with E-state index in [0.717, 1.165) is 0 Å². The van der Waals surface area contributed by atoms with Crippen LogP contribution in [0.3, 0.4) is 0 Å². The lowest BCUT2D eigenvalue weighted by atomic mass is 10.2. The van der Waals surface area contributed by atoms with Crippen LogP contribution in [0.4, 0.5) is 5.82 Å². The van der Waals surface area contributed by atoms with Crippen LogP contribution in [0.1, 0.15) is 10.4 Å². The summed E-state index contributed by atoms with van der Waals surface area (Å²) in [6.07, 6.45) is 1.16. The lowest BCUT2D eigenvalue weighted by Gasteiger charge is -2.32. The standard InChI is InChI=1S/C11H15N3O3/c12-10-2-1-8(5-13-10)11(16)14-3-4-17-9(6-14)7-15/h1-2,5,9,15H,3-4,6-7H2,(H2,12,13). The van der Waals surface area contributed by atoms with Crippen molar-refractivity contribution >= 4 is 11.7 Å². The van der Waals surface area contributed by atoms with Gasteiger partial charge in [0.1, 0.15) is 5.82 Å². The number of rotatable bonds is 2. The van der Waals surface area contributed by atoms with E-state index < -0.39 is 0 Å². The highest BCUT2D eigenvalue weighted by Crippen LogP contribution is 2.10. The number of aliphatic hydroxyl groups is 1. The van der Waals surface area contributed by atoms with Crippen LogP contribution >= 0.6 is 0 Å². The number of nitrogens with zero attached hydrogens (tertiary/aromatic N) is 2. The van der Waals surface area contributed by atoms with E-state index in [9.17, 15) is 4.79 Å². The average Bonchev–Trinajstić information content (AvgIpc) is 2.39. The van der Waals surface area contributed by atoms with E-state index in [2.05, 4.69) is 4.98 Å². The molecule has 1 aliphatic rings. The second-order valence-corrected chi connectivity index (χ2v) is 3.90. The molecule has 1 aromatic rings. The molecule has 1 fully saturated rings. The van der Waals surface area contributed by atoms with Crippen molar-refractivity contribution in [3.05, 3.63) is 23.9 Å². The summed E-state index contributed by atoms with van der Waals surface area (Å²) in [5.74, 6) is 0.274. The number of carbonyl (C=O) groups is 1. The summed E-state index contributed by atoms with van der Waals surface area (Å²) >= 11 is 0.